The Labute approximate surface area is 106 Å². The standard InChI is InChI=1S/C11H18N4O3/c1-16-5-6-17-3-2-4-18-10-8-14-9(7-15-10)11(12)13/h7-8H,2-6H2,1H3,(H3,12,13). The number of ether oxygens (including phenoxy) is 3. The van der Waals surface area contributed by atoms with Crippen molar-refractivity contribution >= 4 is 5.84 Å². The van der Waals surface area contributed by atoms with Gasteiger partial charge in [-0.2, -0.15) is 0 Å². The molecule has 0 saturated carbocycles. The van der Waals surface area contributed by atoms with Gasteiger partial charge >= 0.3 is 0 Å². The van der Waals surface area contributed by atoms with Gasteiger partial charge in [0.1, 0.15) is 11.5 Å². The van der Waals surface area contributed by atoms with Crippen LogP contribution >= 0.6 is 0 Å². The fourth-order valence-corrected chi connectivity index (χ4v) is 1.11. The number of nitrogen functional groups attached to an aromatic ring is 1. The molecular weight excluding hydrogens is 236 g/mol. The van der Waals surface area contributed by atoms with Crippen molar-refractivity contribution in [2.24, 2.45) is 5.73 Å². The molecule has 1 rings (SSSR count). The molecule has 7 nitrogen and oxygen atoms in total. The molecule has 0 amide bonds. The van der Waals surface area contributed by atoms with Gasteiger partial charge in [-0.3, -0.25) is 5.41 Å². The molecule has 0 spiro atoms. The Balaban J connectivity index is 2.14. The van der Waals surface area contributed by atoms with E-state index in [1.165, 1.54) is 12.4 Å². The zero-order valence-electron chi connectivity index (χ0n) is 10.4. The number of amidine groups is 1. The van der Waals surface area contributed by atoms with Crippen LogP contribution in [0.3, 0.4) is 0 Å². The van der Waals surface area contributed by atoms with E-state index >= 15 is 0 Å². The summed E-state index contributed by atoms with van der Waals surface area (Å²) in [5.74, 6) is 0.303. The third-order valence-electron chi connectivity index (χ3n) is 2.02. The lowest BCUT2D eigenvalue weighted by Gasteiger charge is -2.06. The Morgan fingerprint density at radius 3 is 2.67 bits per heavy atom. The molecule has 18 heavy (non-hydrogen) atoms. The van der Waals surface area contributed by atoms with Crippen molar-refractivity contribution in [3.05, 3.63) is 18.1 Å². The summed E-state index contributed by atoms with van der Waals surface area (Å²) in [4.78, 5) is 7.91. The summed E-state index contributed by atoms with van der Waals surface area (Å²) in [6.07, 6.45) is 3.62. The lowest BCUT2D eigenvalue weighted by molar-refractivity contribution is 0.0642. The van der Waals surface area contributed by atoms with Gasteiger partial charge in [0.15, 0.2) is 0 Å². The molecule has 0 radical (unpaired) electrons. The Morgan fingerprint density at radius 2 is 2.06 bits per heavy atom. The highest BCUT2D eigenvalue weighted by Gasteiger charge is 2.00. The molecular formula is C11H18N4O3. The first kappa shape index (κ1) is 14.3. The first-order valence-electron chi connectivity index (χ1n) is 5.60. The van der Waals surface area contributed by atoms with Crippen molar-refractivity contribution in [2.75, 3.05) is 33.5 Å². The highest BCUT2D eigenvalue weighted by Crippen LogP contribution is 2.03. The summed E-state index contributed by atoms with van der Waals surface area (Å²) < 4.78 is 15.5. The molecule has 7 heteroatoms. The van der Waals surface area contributed by atoms with E-state index in [4.69, 9.17) is 25.4 Å². The Bertz CT molecular complexity index is 356. The number of aromatic nitrogens is 2. The third-order valence-corrected chi connectivity index (χ3v) is 2.02. The van der Waals surface area contributed by atoms with Crippen molar-refractivity contribution in [1.82, 2.24) is 9.97 Å². The lowest BCUT2D eigenvalue weighted by atomic mass is 10.4. The predicted molar refractivity (Wildman–Crippen MR) is 65.9 cm³/mol. The molecule has 1 aromatic heterocycles. The topological polar surface area (TPSA) is 103 Å². The summed E-state index contributed by atoms with van der Waals surface area (Å²) in [7, 11) is 1.63. The second-order valence-corrected chi connectivity index (χ2v) is 3.46. The van der Waals surface area contributed by atoms with Gasteiger partial charge in [-0.25, -0.2) is 9.97 Å². The molecule has 0 atom stereocenters. The monoisotopic (exact) mass is 254 g/mol. The zero-order valence-corrected chi connectivity index (χ0v) is 10.4. The van der Waals surface area contributed by atoms with Crippen LogP contribution in [0.4, 0.5) is 0 Å². The second kappa shape index (κ2) is 8.37. The second-order valence-electron chi connectivity index (χ2n) is 3.46. The van der Waals surface area contributed by atoms with Gasteiger partial charge in [-0.1, -0.05) is 0 Å². The number of hydrogen-bond acceptors (Lipinski definition) is 6. The van der Waals surface area contributed by atoms with Crippen molar-refractivity contribution in [3.8, 4) is 5.88 Å². The van der Waals surface area contributed by atoms with E-state index in [1.54, 1.807) is 7.11 Å². The number of rotatable bonds is 9. The summed E-state index contributed by atoms with van der Waals surface area (Å²) in [5.41, 5.74) is 5.59. The molecule has 0 aliphatic rings. The molecule has 0 bridgehead atoms. The fourth-order valence-electron chi connectivity index (χ4n) is 1.11. The molecule has 100 valence electrons. The van der Waals surface area contributed by atoms with Gasteiger partial charge < -0.3 is 19.9 Å². The van der Waals surface area contributed by atoms with Crippen LogP contribution in [0.25, 0.3) is 0 Å². The summed E-state index contributed by atoms with van der Waals surface area (Å²) >= 11 is 0. The average molecular weight is 254 g/mol. The Morgan fingerprint density at radius 1 is 1.22 bits per heavy atom. The first-order valence-corrected chi connectivity index (χ1v) is 5.60. The molecule has 0 unspecified atom stereocenters. The summed E-state index contributed by atoms with van der Waals surface area (Å²) in [6, 6.07) is 0. The highest BCUT2D eigenvalue weighted by molar-refractivity contribution is 5.92. The minimum absolute atomic E-state index is 0.111. The van der Waals surface area contributed by atoms with Crippen molar-refractivity contribution in [3.63, 3.8) is 0 Å². The Hall–Kier alpha value is -1.73. The number of nitrogens with one attached hydrogen (secondary N) is 1. The van der Waals surface area contributed by atoms with E-state index in [1.807, 2.05) is 0 Å². The van der Waals surface area contributed by atoms with E-state index in [0.29, 0.717) is 38.0 Å². The smallest absolute Gasteiger partial charge is 0.232 e. The SMILES string of the molecule is COCCOCCCOc1cnc(C(=N)N)cn1. The van der Waals surface area contributed by atoms with E-state index in [-0.39, 0.29) is 5.84 Å². The van der Waals surface area contributed by atoms with Crippen LogP contribution in [0.5, 0.6) is 5.88 Å². The number of methoxy groups -OCH3 is 1. The molecule has 3 N–H and O–H groups in total. The van der Waals surface area contributed by atoms with Gasteiger partial charge in [0.2, 0.25) is 5.88 Å². The molecule has 0 aliphatic carbocycles. The quantitative estimate of drug-likeness (QED) is 0.370. The van der Waals surface area contributed by atoms with Crippen LogP contribution in [-0.4, -0.2) is 49.3 Å². The maximum absolute atomic E-state index is 7.16. The minimum atomic E-state index is -0.111. The lowest BCUT2D eigenvalue weighted by Crippen LogP contribution is -2.13. The number of hydrogen-bond donors (Lipinski definition) is 2. The van der Waals surface area contributed by atoms with Gasteiger partial charge in [-0.05, 0) is 0 Å². The first-order chi connectivity index (χ1) is 8.74. The van der Waals surface area contributed by atoms with Crippen molar-refractivity contribution in [1.29, 1.82) is 5.41 Å². The largest absolute Gasteiger partial charge is 0.476 e. The van der Waals surface area contributed by atoms with E-state index in [0.717, 1.165) is 6.42 Å². The van der Waals surface area contributed by atoms with Crippen LogP contribution < -0.4 is 10.5 Å². The Kier molecular flexibility index (Phi) is 6.67. The summed E-state index contributed by atoms with van der Waals surface area (Å²) in [6.45, 7) is 2.30. The molecule has 0 saturated heterocycles. The molecule has 0 aliphatic heterocycles. The van der Waals surface area contributed by atoms with E-state index < -0.39 is 0 Å². The third kappa shape index (κ3) is 5.55. The van der Waals surface area contributed by atoms with Gasteiger partial charge in [0, 0.05) is 20.1 Å². The van der Waals surface area contributed by atoms with Crippen LogP contribution in [0.1, 0.15) is 12.1 Å². The minimum Gasteiger partial charge on any atom is -0.476 e. The molecule has 0 fully saturated rings. The van der Waals surface area contributed by atoms with Gasteiger partial charge in [0.25, 0.3) is 0 Å². The molecule has 1 heterocycles. The average Bonchev–Trinajstić information content (AvgIpc) is 2.38. The number of nitrogens with zero attached hydrogens (tertiary/aromatic N) is 2. The summed E-state index contributed by atoms with van der Waals surface area (Å²) in [5, 5.41) is 7.16. The van der Waals surface area contributed by atoms with Crippen molar-refractivity contribution in [2.45, 2.75) is 6.42 Å². The van der Waals surface area contributed by atoms with E-state index in [9.17, 15) is 0 Å². The van der Waals surface area contributed by atoms with Gasteiger partial charge in [-0.15, -0.1) is 0 Å². The molecule has 1 aromatic rings. The van der Waals surface area contributed by atoms with E-state index in [2.05, 4.69) is 9.97 Å². The number of nitrogens with two attached hydrogens (primary N) is 1. The normalized spacial score (nSPS) is 10.3. The van der Waals surface area contributed by atoms with Crippen LogP contribution in [-0.2, 0) is 9.47 Å². The van der Waals surface area contributed by atoms with Crippen LogP contribution in [0.15, 0.2) is 12.4 Å². The molecule has 0 aromatic carbocycles. The van der Waals surface area contributed by atoms with Gasteiger partial charge in [0.05, 0.1) is 32.2 Å². The maximum atomic E-state index is 7.16. The zero-order chi connectivity index (χ0) is 13.2. The fraction of sp³-hybridized carbons (Fsp3) is 0.545. The van der Waals surface area contributed by atoms with Crippen LogP contribution in [0.2, 0.25) is 0 Å². The van der Waals surface area contributed by atoms with Crippen molar-refractivity contribution < 1.29 is 14.2 Å². The van der Waals surface area contributed by atoms with Crippen LogP contribution in [0, 0.1) is 5.41 Å². The maximum Gasteiger partial charge on any atom is 0.232 e. The highest BCUT2D eigenvalue weighted by atomic mass is 16.5. The predicted octanol–water partition coefficient (Wildman–Crippen LogP) is 0.193.